The van der Waals surface area contributed by atoms with Crippen molar-refractivity contribution >= 4 is 29.2 Å². The van der Waals surface area contributed by atoms with Crippen LogP contribution >= 0.6 is 11.6 Å². The molecule has 2 aromatic rings. The first-order valence-electron chi connectivity index (χ1n) is 10.3. The third-order valence-electron chi connectivity index (χ3n) is 5.88. The monoisotopic (exact) mass is 428 g/mol. The van der Waals surface area contributed by atoms with E-state index in [-0.39, 0.29) is 18.3 Å². The average molecular weight is 429 g/mol. The van der Waals surface area contributed by atoms with Gasteiger partial charge in [0.15, 0.2) is 0 Å². The zero-order valence-corrected chi connectivity index (χ0v) is 18.6. The second-order valence-electron chi connectivity index (χ2n) is 8.02. The van der Waals surface area contributed by atoms with Gasteiger partial charge in [-0.2, -0.15) is 0 Å². The highest BCUT2D eigenvalue weighted by molar-refractivity contribution is 6.30. The Morgan fingerprint density at radius 3 is 2.20 bits per heavy atom. The largest absolute Gasteiger partial charge is 0.467 e. The molecule has 1 aliphatic rings. The predicted molar refractivity (Wildman–Crippen MR) is 120 cm³/mol. The maximum atomic E-state index is 13.6. The molecule has 1 aliphatic heterocycles. The van der Waals surface area contributed by atoms with Crippen molar-refractivity contribution in [3.05, 3.63) is 65.2 Å². The van der Waals surface area contributed by atoms with Crippen LogP contribution in [0.25, 0.3) is 0 Å². The van der Waals surface area contributed by atoms with Crippen LogP contribution in [0.5, 0.6) is 0 Å². The summed E-state index contributed by atoms with van der Waals surface area (Å²) in [5.74, 6) is -0.494. The van der Waals surface area contributed by atoms with Crippen LogP contribution in [0.15, 0.2) is 54.6 Å². The molecule has 0 atom stereocenters. The van der Waals surface area contributed by atoms with Crippen LogP contribution in [0.4, 0.5) is 5.69 Å². The number of hydrogen-bond donors (Lipinski definition) is 0. The maximum absolute atomic E-state index is 13.6. The topological polar surface area (TPSA) is 49.9 Å². The molecule has 160 valence electrons. The summed E-state index contributed by atoms with van der Waals surface area (Å²) in [5.41, 5.74) is 0.537. The molecule has 2 aromatic carbocycles. The van der Waals surface area contributed by atoms with Gasteiger partial charge in [0.25, 0.3) is 0 Å². The molecular weight excluding hydrogens is 400 g/mol. The van der Waals surface area contributed by atoms with Gasteiger partial charge in [-0.15, -0.1) is 0 Å². The van der Waals surface area contributed by atoms with Crippen molar-refractivity contribution in [3.63, 3.8) is 0 Å². The third-order valence-corrected chi connectivity index (χ3v) is 6.13. The first kappa shape index (κ1) is 22.3. The maximum Gasteiger partial charge on any atom is 0.332 e. The first-order chi connectivity index (χ1) is 14.4. The second-order valence-corrected chi connectivity index (χ2v) is 8.46. The number of carbonyl (C=O) groups is 2. The zero-order chi connectivity index (χ0) is 21.7. The van der Waals surface area contributed by atoms with Gasteiger partial charge < -0.3 is 9.64 Å². The number of halogens is 1. The molecule has 30 heavy (non-hydrogen) atoms. The Balaban J connectivity index is 1.99. The van der Waals surface area contributed by atoms with E-state index < -0.39 is 5.54 Å². The van der Waals surface area contributed by atoms with E-state index in [2.05, 4.69) is 18.7 Å². The summed E-state index contributed by atoms with van der Waals surface area (Å²) >= 11 is 5.99. The lowest BCUT2D eigenvalue weighted by atomic mass is 9.84. The minimum Gasteiger partial charge on any atom is -0.467 e. The van der Waals surface area contributed by atoms with Crippen molar-refractivity contribution in [1.29, 1.82) is 0 Å². The van der Waals surface area contributed by atoms with Gasteiger partial charge in [-0.25, -0.2) is 4.79 Å². The van der Waals surface area contributed by atoms with Gasteiger partial charge in [0, 0.05) is 29.8 Å². The lowest BCUT2D eigenvalue weighted by Crippen LogP contribution is -2.63. The van der Waals surface area contributed by atoms with E-state index in [0.29, 0.717) is 29.6 Å². The lowest BCUT2D eigenvalue weighted by molar-refractivity contribution is -0.151. The van der Waals surface area contributed by atoms with Crippen LogP contribution in [-0.4, -0.2) is 48.6 Å². The molecule has 0 saturated carbocycles. The molecule has 0 N–H and O–H groups in total. The average Bonchev–Trinajstić information content (AvgIpc) is 2.76. The summed E-state index contributed by atoms with van der Waals surface area (Å²) in [5, 5.41) is 0.623. The number of ether oxygens (including phenoxy) is 1. The van der Waals surface area contributed by atoms with E-state index in [1.807, 2.05) is 42.5 Å². The number of anilines is 1. The Morgan fingerprint density at radius 1 is 1.07 bits per heavy atom. The Kier molecular flexibility index (Phi) is 7.16. The van der Waals surface area contributed by atoms with E-state index in [9.17, 15) is 9.59 Å². The molecule has 0 bridgehead atoms. The minimum atomic E-state index is -1.02. The molecule has 3 rings (SSSR count). The van der Waals surface area contributed by atoms with Crippen molar-refractivity contribution in [1.82, 2.24) is 4.90 Å². The summed E-state index contributed by atoms with van der Waals surface area (Å²) in [7, 11) is 1.39. The number of amides is 1. The quantitative estimate of drug-likeness (QED) is 0.642. The van der Waals surface area contributed by atoms with Crippen molar-refractivity contribution in [2.45, 2.75) is 44.7 Å². The molecule has 1 amide bonds. The van der Waals surface area contributed by atoms with Crippen LogP contribution in [-0.2, 0) is 20.7 Å². The molecule has 0 aliphatic carbocycles. The SMILES string of the molecule is COC(=O)C1(N(C(=O)Cc2ccc(Cl)cc2)c2ccccc2)CCN(C(C)C)CC1. The van der Waals surface area contributed by atoms with E-state index in [4.69, 9.17) is 16.3 Å². The van der Waals surface area contributed by atoms with E-state index in [0.717, 1.165) is 18.7 Å². The summed E-state index contributed by atoms with van der Waals surface area (Å²) < 4.78 is 5.24. The van der Waals surface area contributed by atoms with Crippen molar-refractivity contribution in [2.24, 2.45) is 0 Å². The third kappa shape index (κ3) is 4.68. The Bertz CT molecular complexity index is 860. The number of likely N-dealkylation sites (tertiary alicyclic amines) is 1. The van der Waals surface area contributed by atoms with Crippen molar-refractivity contribution in [2.75, 3.05) is 25.1 Å². The van der Waals surface area contributed by atoms with Gasteiger partial charge in [0.2, 0.25) is 5.91 Å². The van der Waals surface area contributed by atoms with Gasteiger partial charge in [-0.1, -0.05) is 41.9 Å². The smallest absolute Gasteiger partial charge is 0.332 e. The molecule has 1 saturated heterocycles. The molecule has 6 heteroatoms. The molecule has 0 radical (unpaired) electrons. The van der Waals surface area contributed by atoms with Crippen molar-refractivity contribution in [3.8, 4) is 0 Å². The summed E-state index contributed by atoms with van der Waals surface area (Å²) in [6.07, 6.45) is 1.23. The number of piperidine rings is 1. The Hall–Kier alpha value is -2.37. The second kappa shape index (κ2) is 9.63. The molecule has 1 fully saturated rings. The number of carbonyl (C=O) groups excluding carboxylic acids is 2. The summed E-state index contributed by atoms with van der Waals surface area (Å²) in [6.45, 7) is 5.74. The van der Waals surface area contributed by atoms with Crippen molar-refractivity contribution < 1.29 is 14.3 Å². The normalized spacial score (nSPS) is 16.3. The Morgan fingerprint density at radius 2 is 1.67 bits per heavy atom. The predicted octanol–water partition coefficient (Wildman–Crippen LogP) is 4.33. The van der Waals surface area contributed by atoms with Crippen LogP contribution in [0, 0.1) is 0 Å². The highest BCUT2D eigenvalue weighted by atomic mass is 35.5. The lowest BCUT2D eigenvalue weighted by Gasteiger charge is -2.47. The first-order valence-corrected chi connectivity index (χ1v) is 10.7. The summed E-state index contributed by atoms with van der Waals surface area (Å²) in [6, 6.07) is 17.0. The fourth-order valence-corrected chi connectivity index (χ4v) is 4.31. The Labute approximate surface area is 183 Å². The molecule has 1 heterocycles. The highest BCUT2D eigenvalue weighted by Crippen LogP contribution is 2.36. The van der Waals surface area contributed by atoms with Gasteiger partial charge in [-0.05, 0) is 56.5 Å². The number of methoxy groups -OCH3 is 1. The molecule has 0 spiro atoms. The van der Waals surface area contributed by atoms with Crippen LogP contribution in [0.2, 0.25) is 5.02 Å². The molecule has 0 aromatic heterocycles. The minimum absolute atomic E-state index is 0.132. The number of hydrogen-bond acceptors (Lipinski definition) is 4. The molecule has 0 unspecified atom stereocenters. The molecular formula is C24H29ClN2O3. The fraction of sp³-hybridized carbons (Fsp3) is 0.417. The standard InChI is InChI=1S/C24H29ClN2O3/c1-18(2)26-15-13-24(14-16-26,23(29)30-3)27(21-7-5-4-6-8-21)22(28)17-19-9-11-20(25)12-10-19/h4-12,18H,13-17H2,1-3H3. The summed E-state index contributed by atoms with van der Waals surface area (Å²) in [4.78, 5) is 30.7. The van der Waals surface area contributed by atoms with Gasteiger partial charge >= 0.3 is 5.97 Å². The van der Waals surface area contributed by atoms with E-state index in [1.54, 1.807) is 17.0 Å². The van der Waals surface area contributed by atoms with Gasteiger partial charge in [0.05, 0.1) is 13.5 Å². The van der Waals surface area contributed by atoms with Gasteiger partial charge in [-0.3, -0.25) is 9.69 Å². The highest BCUT2D eigenvalue weighted by Gasteiger charge is 2.50. The number of para-hydroxylation sites is 1. The number of benzene rings is 2. The van der Waals surface area contributed by atoms with E-state index >= 15 is 0 Å². The van der Waals surface area contributed by atoms with Gasteiger partial charge in [0.1, 0.15) is 5.54 Å². The fourth-order valence-electron chi connectivity index (χ4n) is 4.18. The van der Waals surface area contributed by atoms with Crippen LogP contribution in [0.3, 0.4) is 0 Å². The van der Waals surface area contributed by atoms with Crippen LogP contribution in [0.1, 0.15) is 32.3 Å². The number of rotatable bonds is 6. The number of esters is 1. The number of nitrogens with zero attached hydrogens (tertiary/aromatic N) is 2. The van der Waals surface area contributed by atoms with E-state index in [1.165, 1.54) is 7.11 Å². The van der Waals surface area contributed by atoms with Crippen LogP contribution < -0.4 is 4.90 Å². The molecule has 5 nitrogen and oxygen atoms in total. The zero-order valence-electron chi connectivity index (χ0n) is 17.8.